The van der Waals surface area contributed by atoms with E-state index in [1.807, 2.05) is 19.2 Å². The first-order valence-corrected chi connectivity index (χ1v) is 6.92. The van der Waals surface area contributed by atoms with Crippen LogP contribution in [0.15, 0.2) is 22.7 Å². The minimum atomic E-state index is -0.377. The maximum atomic E-state index is 11.5. The molecule has 5 heteroatoms. The average Bonchev–Trinajstić information content (AvgIpc) is 2.38. The minimum absolute atomic E-state index is 0.377. The standard InChI is InChI=1S/C13H18BrN3O/c1-16-10-3-2-6-17(8-10)12-5-4-9(14)7-11(12)13(15)18/h4-5,7,10,16H,2-3,6,8H2,1H3,(H2,15,18). The van der Waals surface area contributed by atoms with E-state index in [9.17, 15) is 4.79 Å². The fourth-order valence-electron chi connectivity index (χ4n) is 2.41. The molecule has 1 aliphatic rings. The molecule has 1 amide bonds. The molecular formula is C13H18BrN3O. The van der Waals surface area contributed by atoms with E-state index in [0.717, 1.165) is 29.7 Å². The molecule has 1 aromatic carbocycles. The number of benzene rings is 1. The highest BCUT2D eigenvalue weighted by Crippen LogP contribution is 2.27. The number of carbonyl (C=O) groups excluding carboxylic acids is 1. The zero-order valence-electron chi connectivity index (χ0n) is 10.4. The van der Waals surface area contributed by atoms with E-state index >= 15 is 0 Å². The van der Waals surface area contributed by atoms with Crippen LogP contribution >= 0.6 is 15.9 Å². The summed E-state index contributed by atoms with van der Waals surface area (Å²) in [6, 6.07) is 6.18. The van der Waals surface area contributed by atoms with Crippen LogP contribution in [-0.4, -0.2) is 32.1 Å². The van der Waals surface area contributed by atoms with E-state index in [-0.39, 0.29) is 5.91 Å². The molecule has 18 heavy (non-hydrogen) atoms. The van der Waals surface area contributed by atoms with Crippen LogP contribution in [0.4, 0.5) is 5.69 Å². The smallest absolute Gasteiger partial charge is 0.250 e. The first kappa shape index (κ1) is 13.4. The molecule has 0 radical (unpaired) electrons. The fourth-order valence-corrected chi connectivity index (χ4v) is 2.77. The number of carbonyl (C=O) groups is 1. The van der Waals surface area contributed by atoms with E-state index in [1.54, 1.807) is 6.07 Å². The molecule has 1 aliphatic heterocycles. The SMILES string of the molecule is CNC1CCCN(c2ccc(Br)cc2C(N)=O)C1. The first-order valence-electron chi connectivity index (χ1n) is 6.13. The number of anilines is 1. The number of piperidine rings is 1. The van der Waals surface area contributed by atoms with Crippen LogP contribution in [-0.2, 0) is 0 Å². The van der Waals surface area contributed by atoms with Gasteiger partial charge in [-0.05, 0) is 38.1 Å². The van der Waals surface area contributed by atoms with Gasteiger partial charge in [0.25, 0.3) is 5.91 Å². The van der Waals surface area contributed by atoms with E-state index in [1.165, 1.54) is 6.42 Å². The average molecular weight is 312 g/mol. The molecule has 4 nitrogen and oxygen atoms in total. The van der Waals surface area contributed by atoms with Gasteiger partial charge in [-0.15, -0.1) is 0 Å². The quantitative estimate of drug-likeness (QED) is 0.894. The number of amides is 1. The van der Waals surface area contributed by atoms with Crippen LogP contribution in [0.1, 0.15) is 23.2 Å². The molecule has 0 aromatic heterocycles. The lowest BCUT2D eigenvalue weighted by atomic mass is 10.0. The summed E-state index contributed by atoms with van der Waals surface area (Å²) in [6.45, 7) is 1.89. The van der Waals surface area contributed by atoms with Gasteiger partial charge in [-0.3, -0.25) is 4.79 Å². The maximum Gasteiger partial charge on any atom is 0.250 e. The van der Waals surface area contributed by atoms with E-state index in [0.29, 0.717) is 11.6 Å². The summed E-state index contributed by atoms with van der Waals surface area (Å²) in [5, 5.41) is 3.30. The van der Waals surface area contributed by atoms with Crippen molar-refractivity contribution in [2.45, 2.75) is 18.9 Å². The van der Waals surface area contributed by atoms with Crippen LogP contribution in [0.5, 0.6) is 0 Å². The Bertz CT molecular complexity index is 450. The molecular weight excluding hydrogens is 294 g/mol. The normalized spacial score (nSPS) is 19.9. The number of likely N-dealkylation sites (N-methyl/N-ethyl adjacent to an activating group) is 1. The highest BCUT2D eigenvalue weighted by molar-refractivity contribution is 9.10. The lowest BCUT2D eigenvalue weighted by Gasteiger charge is -2.35. The molecule has 1 aromatic rings. The van der Waals surface area contributed by atoms with Crippen LogP contribution in [0.2, 0.25) is 0 Å². The number of hydrogen-bond acceptors (Lipinski definition) is 3. The second-order valence-electron chi connectivity index (χ2n) is 4.60. The summed E-state index contributed by atoms with van der Waals surface area (Å²) < 4.78 is 0.877. The summed E-state index contributed by atoms with van der Waals surface area (Å²) in [5.74, 6) is -0.377. The van der Waals surface area contributed by atoms with Gasteiger partial charge in [0.05, 0.1) is 5.56 Å². The Morgan fingerprint density at radius 3 is 3.00 bits per heavy atom. The highest BCUT2D eigenvalue weighted by atomic mass is 79.9. The van der Waals surface area contributed by atoms with Gasteiger partial charge >= 0.3 is 0 Å². The number of halogens is 1. The molecule has 1 fully saturated rings. The summed E-state index contributed by atoms with van der Waals surface area (Å²) >= 11 is 3.38. The van der Waals surface area contributed by atoms with Crippen LogP contribution < -0.4 is 16.0 Å². The zero-order valence-corrected chi connectivity index (χ0v) is 12.0. The lowest BCUT2D eigenvalue weighted by Crippen LogP contribution is -2.45. The third-order valence-electron chi connectivity index (χ3n) is 3.39. The topological polar surface area (TPSA) is 58.4 Å². The number of rotatable bonds is 3. The predicted octanol–water partition coefficient (Wildman–Crippen LogP) is 1.74. The molecule has 0 aliphatic carbocycles. The van der Waals surface area contributed by atoms with Crippen molar-refractivity contribution >= 4 is 27.5 Å². The maximum absolute atomic E-state index is 11.5. The Balaban J connectivity index is 2.29. The summed E-state index contributed by atoms with van der Waals surface area (Å²) in [5.41, 5.74) is 6.98. The highest BCUT2D eigenvalue weighted by Gasteiger charge is 2.22. The van der Waals surface area contributed by atoms with Gasteiger partial charge in [0.15, 0.2) is 0 Å². The second-order valence-corrected chi connectivity index (χ2v) is 5.52. The molecule has 1 heterocycles. The summed E-state index contributed by atoms with van der Waals surface area (Å²) in [6.07, 6.45) is 2.30. The molecule has 2 rings (SSSR count). The molecule has 1 unspecified atom stereocenters. The number of hydrogen-bond donors (Lipinski definition) is 2. The molecule has 0 bridgehead atoms. The van der Waals surface area contributed by atoms with Gasteiger partial charge in [0.1, 0.15) is 0 Å². The molecule has 3 N–H and O–H groups in total. The van der Waals surface area contributed by atoms with Crippen LogP contribution in [0.3, 0.4) is 0 Å². The Hall–Kier alpha value is -1.07. The van der Waals surface area contributed by atoms with E-state index in [4.69, 9.17) is 5.73 Å². The van der Waals surface area contributed by atoms with Gasteiger partial charge in [-0.25, -0.2) is 0 Å². The number of nitrogens with two attached hydrogens (primary N) is 1. The Morgan fingerprint density at radius 1 is 1.56 bits per heavy atom. The minimum Gasteiger partial charge on any atom is -0.369 e. The van der Waals surface area contributed by atoms with Crippen molar-refractivity contribution in [2.24, 2.45) is 5.73 Å². The Labute approximate surface area is 116 Å². The number of nitrogens with one attached hydrogen (secondary N) is 1. The van der Waals surface area contributed by atoms with Crippen LogP contribution in [0, 0.1) is 0 Å². The van der Waals surface area contributed by atoms with Gasteiger partial charge in [0, 0.05) is 29.3 Å². The zero-order chi connectivity index (χ0) is 13.1. The van der Waals surface area contributed by atoms with Crippen LogP contribution in [0.25, 0.3) is 0 Å². The third kappa shape index (κ3) is 2.84. The number of primary amides is 1. The van der Waals surface area contributed by atoms with Crippen molar-refractivity contribution in [3.63, 3.8) is 0 Å². The van der Waals surface area contributed by atoms with Gasteiger partial charge < -0.3 is 16.0 Å². The van der Waals surface area contributed by atoms with Gasteiger partial charge in [-0.1, -0.05) is 15.9 Å². The molecule has 1 atom stereocenters. The third-order valence-corrected chi connectivity index (χ3v) is 3.89. The van der Waals surface area contributed by atoms with Crippen molar-refractivity contribution < 1.29 is 4.79 Å². The number of nitrogens with zero attached hydrogens (tertiary/aromatic N) is 1. The van der Waals surface area contributed by atoms with Crippen molar-refractivity contribution in [1.82, 2.24) is 5.32 Å². The largest absolute Gasteiger partial charge is 0.369 e. The van der Waals surface area contributed by atoms with Gasteiger partial charge in [-0.2, -0.15) is 0 Å². The summed E-state index contributed by atoms with van der Waals surface area (Å²) in [7, 11) is 1.98. The molecule has 0 saturated carbocycles. The summed E-state index contributed by atoms with van der Waals surface area (Å²) in [4.78, 5) is 13.8. The van der Waals surface area contributed by atoms with Gasteiger partial charge in [0.2, 0.25) is 0 Å². The molecule has 0 spiro atoms. The van der Waals surface area contributed by atoms with Crippen molar-refractivity contribution in [3.8, 4) is 0 Å². The monoisotopic (exact) mass is 311 g/mol. The first-order chi connectivity index (χ1) is 8.61. The fraction of sp³-hybridized carbons (Fsp3) is 0.462. The Kier molecular flexibility index (Phi) is 4.24. The van der Waals surface area contributed by atoms with Crippen molar-refractivity contribution in [2.75, 3.05) is 25.0 Å². The lowest BCUT2D eigenvalue weighted by molar-refractivity contribution is 0.100. The van der Waals surface area contributed by atoms with Crippen molar-refractivity contribution in [1.29, 1.82) is 0 Å². The molecule has 98 valence electrons. The predicted molar refractivity (Wildman–Crippen MR) is 77.0 cm³/mol. The Morgan fingerprint density at radius 2 is 2.33 bits per heavy atom. The second kappa shape index (κ2) is 5.71. The van der Waals surface area contributed by atoms with E-state index < -0.39 is 0 Å². The van der Waals surface area contributed by atoms with Crippen molar-refractivity contribution in [3.05, 3.63) is 28.2 Å². The van der Waals surface area contributed by atoms with E-state index in [2.05, 4.69) is 26.1 Å². The molecule has 1 saturated heterocycles.